The lowest BCUT2D eigenvalue weighted by molar-refractivity contribution is -0.136. The minimum Gasteiger partial charge on any atom is -0.233 e. The highest BCUT2D eigenvalue weighted by molar-refractivity contribution is 7.90. The van der Waals surface area contributed by atoms with E-state index in [4.69, 9.17) is 0 Å². The summed E-state index contributed by atoms with van der Waals surface area (Å²) in [6.45, 7) is 4.50. The Morgan fingerprint density at radius 2 is 1.64 bits per heavy atom. The van der Waals surface area contributed by atoms with Gasteiger partial charge in [0.15, 0.2) is 5.65 Å². The van der Waals surface area contributed by atoms with Gasteiger partial charge in [0.2, 0.25) is 0 Å². The summed E-state index contributed by atoms with van der Waals surface area (Å²) in [5, 5.41) is 3.53. The molecule has 1 aromatic carbocycles. The summed E-state index contributed by atoms with van der Waals surface area (Å²) in [5.41, 5.74) is -0.414. The van der Waals surface area contributed by atoms with Crippen LogP contribution in [0, 0.1) is 20.8 Å². The molecular formula is C16H14F3N3O2S. The van der Waals surface area contributed by atoms with Gasteiger partial charge in [0.1, 0.15) is 0 Å². The molecule has 0 amide bonds. The molecule has 0 saturated carbocycles. The number of halogens is 3. The third-order valence-corrected chi connectivity index (χ3v) is 5.34. The third-order valence-electron chi connectivity index (χ3n) is 3.76. The van der Waals surface area contributed by atoms with Gasteiger partial charge in [-0.1, -0.05) is 17.7 Å². The van der Waals surface area contributed by atoms with Crippen LogP contribution in [-0.4, -0.2) is 22.6 Å². The molecule has 0 unspecified atom stereocenters. The van der Waals surface area contributed by atoms with E-state index in [0.717, 1.165) is 11.6 Å². The van der Waals surface area contributed by atoms with Crippen LogP contribution in [0.1, 0.15) is 22.5 Å². The van der Waals surface area contributed by atoms with Crippen molar-refractivity contribution >= 4 is 21.1 Å². The lowest BCUT2D eigenvalue weighted by Gasteiger charge is -2.10. The number of aromatic nitrogens is 3. The molecule has 0 N–H and O–H groups in total. The zero-order chi connectivity index (χ0) is 18.6. The van der Waals surface area contributed by atoms with Crippen molar-refractivity contribution in [2.45, 2.75) is 31.8 Å². The molecule has 3 aromatic rings. The first-order valence-electron chi connectivity index (χ1n) is 7.28. The third kappa shape index (κ3) is 2.88. The zero-order valence-electron chi connectivity index (χ0n) is 13.6. The first kappa shape index (κ1) is 17.4. The molecule has 5 nitrogen and oxygen atoms in total. The van der Waals surface area contributed by atoms with Gasteiger partial charge in [0.25, 0.3) is 10.0 Å². The topological polar surface area (TPSA) is 64.8 Å². The summed E-state index contributed by atoms with van der Waals surface area (Å²) in [6.07, 6.45) is -4.64. The van der Waals surface area contributed by atoms with Crippen molar-refractivity contribution in [1.82, 2.24) is 14.2 Å². The molecule has 0 radical (unpaired) electrons. The van der Waals surface area contributed by atoms with Gasteiger partial charge in [-0.15, -0.1) is 4.09 Å². The predicted octanol–water partition coefficient (Wildman–Crippen LogP) is 3.61. The number of hydrogen-bond donors (Lipinski definition) is 0. The van der Waals surface area contributed by atoms with E-state index in [9.17, 15) is 21.6 Å². The van der Waals surface area contributed by atoms with Crippen LogP contribution in [0.3, 0.4) is 0 Å². The summed E-state index contributed by atoms with van der Waals surface area (Å²) >= 11 is 0. The maximum atomic E-state index is 13.3. The number of alkyl halides is 3. The van der Waals surface area contributed by atoms with Gasteiger partial charge in [-0.05, 0) is 39.0 Å². The maximum absolute atomic E-state index is 13.3. The summed E-state index contributed by atoms with van der Waals surface area (Å²) in [5.74, 6) is 0. The lowest BCUT2D eigenvalue weighted by Crippen LogP contribution is -2.16. The van der Waals surface area contributed by atoms with Crippen LogP contribution >= 0.6 is 0 Å². The van der Waals surface area contributed by atoms with Crippen molar-refractivity contribution in [3.63, 3.8) is 0 Å². The van der Waals surface area contributed by atoms with Crippen LogP contribution < -0.4 is 0 Å². The van der Waals surface area contributed by atoms with Crippen molar-refractivity contribution in [3.05, 3.63) is 52.8 Å². The SMILES string of the molecule is Cc1ccc(S(=O)(=O)n2nc(C)c3c(C(F)(F)F)cc(C)nc32)cc1. The molecule has 9 heteroatoms. The molecule has 25 heavy (non-hydrogen) atoms. The second kappa shape index (κ2) is 5.55. The maximum Gasteiger partial charge on any atom is 0.417 e. The van der Waals surface area contributed by atoms with Crippen molar-refractivity contribution in [3.8, 4) is 0 Å². The fourth-order valence-corrected chi connectivity index (χ4v) is 3.86. The average molecular weight is 369 g/mol. The summed E-state index contributed by atoms with van der Waals surface area (Å²) < 4.78 is 66.2. The van der Waals surface area contributed by atoms with E-state index in [-0.39, 0.29) is 27.3 Å². The smallest absolute Gasteiger partial charge is 0.233 e. The number of hydrogen-bond acceptors (Lipinski definition) is 4. The number of rotatable bonds is 2. The van der Waals surface area contributed by atoms with Crippen molar-refractivity contribution in [1.29, 1.82) is 0 Å². The Labute approximate surface area is 142 Å². The predicted molar refractivity (Wildman–Crippen MR) is 85.8 cm³/mol. The number of pyridine rings is 1. The molecule has 0 atom stereocenters. The molecular weight excluding hydrogens is 355 g/mol. The first-order valence-corrected chi connectivity index (χ1v) is 8.72. The van der Waals surface area contributed by atoms with Crippen molar-refractivity contribution in [2.24, 2.45) is 0 Å². The Morgan fingerprint density at radius 1 is 1.04 bits per heavy atom. The standard InChI is InChI=1S/C16H14F3N3O2S/c1-9-4-6-12(7-5-9)25(23,24)22-15-14(11(3)21-22)13(16(17,18)19)8-10(2)20-15/h4-8H,1-3H3. The highest BCUT2D eigenvalue weighted by atomic mass is 32.2. The van der Waals surface area contributed by atoms with Gasteiger partial charge in [-0.25, -0.2) is 4.98 Å². The Kier molecular flexibility index (Phi) is 3.86. The quantitative estimate of drug-likeness (QED) is 0.692. The van der Waals surface area contributed by atoms with E-state index in [0.29, 0.717) is 4.09 Å². The summed E-state index contributed by atoms with van der Waals surface area (Å²) in [6, 6.07) is 6.86. The fourth-order valence-electron chi connectivity index (χ4n) is 2.59. The Bertz CT molecular complexity index is 1070. The van der Waals surface area contributed by atoms with E-state index in [2.05, 4.69) is 10.1 Å². The molecule has 2 aromatic heterocycles. The minimum atomic E-state index is -4.64. The Morgan fingerprint density at radius 3 is 2.20 bits per heavy atom. The molecule has 2 heterocycles. The largest absolute Gasteiger partial charge is 0.417 e. The highest BCUT2D eigenvalue weighted by Gasteiger charge is 2.36. The normalized spacial score (nSPS) is 12.7. The second-order valence-electron chi connectivity index (χ2n) is 5.75. The number of fused-ring (bicyclic) bond motifs is 1. The molecule has 0 aliphatic rings. The summed E-state index contributed by atoms with van der Waals surface area (Å²) in [7, 11) is -4.16. The lowest BCUT2D eigenvalue weighted by atomic mass is 10.1. The number of aryl methyl sites for hydroxylation is 3. The number of nitrogens with zero attached hydrogens (tertiary/aromatic N) is 3. The highest BCUT2D eigenvalue weighted by Crippen LogP contribution is 2.36. The molecule has 0 aliphatic carbocycles. The van der Waals surface area contributed by atoms with E-state index in [1.165, 1.54) is 26.0 Å². The minimum absolute atomic E-state index is 0.0505. The van der Waals surface area contributed by atoms with E-state index < -0.39 is 21.8 Å². The molecule has 3 rings (SSSR count). The average Bonchev–Trinajstić information content (AvgIpc) is 2.83. The van der Waals surface area contributed by atoms with Crippen LogP contribution in [0.25, 0.3) is 11.0 Å². The molecule has 132 valence electrons. The molecule has 0 saturated heterocycles. The van der Waals surface area contributed by atoms with Gasteiger partial charge in [-0.2, -0.15) is 26.7 Å². The van der Waals surface area contributed by atoms with Crippen LogP contribution in [-0.2, 0) is 16.2 Å². The van der Waals surface area contributed by atoms with Gasteiger partial charge in [0.05, 0.1) is 21.5 Å². The number of benzene rings is 1. The van der Waals surface area contributed by atoms with Gasteiger partial charge in [-0.3, -0.25) is 0 Å². The fraction of sp³-hybridized carbons (Fsp3) is 0.250. The van der Waals surface area contributed by atoms with Crippen LogP contribution in [0.15, 0.2) is 35.2 Å². The van der Waals surface area contributed by atoms with E-state index in [1.807, 2.05) is 0 Å². The van der Waals surface area contributed by atoms with Crippen LogP contribution in [0.2, 0.25) is 0 Å². The van der Waals surface area contributed by atoms with Gasteiger partial charge >= 0.3 is 6.18 Å². The first-order chi connectivity index (χ1) is 11.5. The monoisotopic (exact) mass is 369 g/mol. The van der Waals surface area contributed by atoms with Crippen molar-refractivity contribution in [2.75, 3.05) is 0 Å². The van der Waals surface area contributed by atoms with Gasteiger partial charge < -0.3 is 0 Å². The summed E-state index contributed by atoms with van der Waals surface area (Å²) in [4.78, 5) is 3.93. The zero-order valence-corrected chi connectivity index (χ0v) is 14.4. The van der Waals surface area contributed by atoms with E-state index in [1.54, 1.807) is 19.1 Å². The molecule has 0 fully saturated rings. The Hall–Kier alpha value is -2.42. The molecule has 0 aliphatic heterocycles. The second-order valence-corrected chi connectivity index (χ2v) is 7.52. The van der Waals surface area contributed by atoms with Crippen LogP contribution in [0.5, 0.6) is 0 Å². The van der Waals surface area contributed by atoms with E-state index >= 15 is 0 Å². The Balaban J connectivity index is 2.35. The molecule has 0 spiro atoms. The van der Waals surface area contributed by atoms with Crippen LogP contribution in [0.4, 0.5) is 13.2 Å². The van der Waals surface area contributed by atoms with Gasteiger partial charge in [0, 0.05) is 5.69 Å². The van der Waals surface area contributed by atoms with Crippen molar-refractivity contribution < 1.29 is 21.6 Å². The molecule has 0 bridgehead atoms.